The molecule has 39 heavy (non-hydrogen) atoms. The minimum atomic E-state index is -0.0965. The number of aromatic nitrogens is 3. The standard InChI is InChI=1S/C30H37N7O2/c1-36(2)13-7-12-32-30(38)33-17-22-14-24(15-22)37-18-26(27-28(31)34-20-35-29(27)37)23-10-6-11-25(16-23)39-19-21-8-4-3-5-9-21/h3-6,8-11,16,18,20,22,24H,7,12-15,17,19H2,1-2H3,(H2,31,34,35)(H2,32,33,38)/t22-,24-. The molecule has 9 nitrogen and oxygen atoms in total. The second kappa shape index (κ2) is 12.2. The molecular formula is C30H37N7O2. The van der Waals surface area contributed by atoms with Crippen LogP contribution in [0.5, 0.6) is 5.75 Å². The number of hydrogen-bond donors (Lipinski definition) is 3. The number of urea groups is 1. The van der Waals surface area contributed by atoms with Crippen LogP contribution in [0.15, 0.2) is 67.1 Å². The van der Waals surface area contributed by atoms with Gasteiger partial charge in [0.2, 0.25) is 0 Å². The molecule has 204 valence electrons. The van der Waals surface area contributed by atoms with Crippen molar-refractivity contribution in [2.45, 2.75) is 31.9 Å². The number of carbonyl (C=O) groups excluding carboxylic acids is 1. The van der Waals surface area contributed by atoms with Gasteiger partial charge in [0.15, 0.2) is 0 Å². The lowest BCUT2D eigenvalue weighted by Gasteiger charge is -2.36. The van der Waals surface area contributed by atoms with Crippen molar-refractivity contribution in [2.24, 2.45) is 5.92 Å². The first-order valence-electron chi connectivity index (χ1n) is 13.5. The molecule has 2 aromatic carbocycles. The number of nitrogens with zero attached hydrogens (tertiary/aromatic N) is 4. The topological polar surface area (TPSA) is 110 Å². The van der Waals surface area contributed by atoms with Gasteiger partial charge in [-0.1, -0.05) is 42.5 Å². The molecule has 2 amide bonds. The minimum absolute atomic E-state index is 0.0965. The largest absolute Gasteiger partial charge is 0.489 e. The Morgan fingerprint density at radius 1 is 1.10 bits per heavy atom. The van der Waals surface area contributed by atoms with Gasteiger partial charge >= 0.3 is 6.03 Å². The number of hydrogen-bond acceptors (Lipinski definition) is 6. The van der Waals surface area contributed by atoms with Crippen LogP contribution in [0, 0.1) is 5.92 Å². The molecule has 0 bridgehead atoms. The Morgan fingerprint density at radius 2 is 1.92 bits per heavy atom. The maximum atomic E-state index is 12.1. The predicted molar refractivity (Wildman–Crippen MR) is 154 cm³/mol. The fraction of sp³-hybridized carbons (Fsp3) is 0.367. The van der Waals surface area contributed by atoms with Crippen LogP contribution in [-0.2, 0) is 6.61 Å². The van der Waals surface area contributed by atoms with E-state index in [1.807, 2.05) is 50.5 Å². The highest BCUT2D eigenvalue weighted by molar-refractivity contribution is 6.00. The van der Waals surface area contributed by atoms with E-state index in [-0.39, 0.29) is 6.03 Å². The monoisotopic (exact) mass is 527 g/mol. The Hall–Kier alpha value is -4.11. The van der Waals surface area contributed by atoms with Crippen LogP contribution in [-0.4, -0.2) is 59.2 Å². The third kappa shape index (κ3) is 6.49. The van der Waals surface area contributed by atoms with E-state index in [1.54, 1.807) is 0 Å². The lowest BCUT2D eigenvalue weighted by Crippen LogP contribution is -2.42. The van der Waals surface area contributed by atoms with Crippen molar-refractivity contribution in [2.75, 3.05) is 39.5 Å². The van der Waals surface area contributed by atoms with Crippen molar-refractivity contribution >= 4 is 22.9 Å². The Balaban J connectivity index is 1.24. The summed E-state index contributed by atoms with van der Waals surface area (Å²) in [4.78, 5) is 23.1. The number of rotatable bonds is 11. The SMILES string of the molecule is CN(C)CCCNC(=O)NC[C@H]1C[C@H](n2cc(-c3cccc(OCc4ccccc4)c3)c3c(N)ncnc32)C1. The van der Waals surface area contributed by atoms with Crippen molar-refractivity contribution in [3.8, 4) is 16.9 Å². The summed E-state index contributed by atoms with van der Waals surface area (Å²) in [5.41, 5.74) is 10.3. The average molecular weight is 528 g/mol. The maximum absolute atomic E-state index is 12.1. The lowest BCUT2D eigenvalue weighted by molar-refractivity contribution is 0.192. The highest BCUT2D eigenvalue weighted by Gasteiger charge is 2.32. The summed E-state index contributed by atoms with van der Waals surface area (Å²) in [6.07, 6.45) is 6.53. The van der Waals surface area contributed by atoms with Crippen molar-refractivity contribution in [3.05, 3.63) is 72.7 Å². The van der Waals surface area contributed by atoms with Crippen LogP contribution < -0.4 is 21.1 Å². The average Bonchev–Trinajstić information content (AvgIpc) is 3.30. The molecule has 2 aromatic heterocycles. The number of nitrogen functional groups attached to an aromatic ring is 1. The zero-order valence-corrected chi connectivity index (χ0v) is 22.6. The molecule has 5 rings (SSSR count). The van der Waals surface area contributed by atoms with Gasteiger partial charge in [-0.2, -0.15) is 0 Å². The van der Waals surface area contributed by atoms with Gasteiger partial charge in [0.1, 0.15) is 30.1 Å². The van der Waals surface area contributed by atoms with Gasteiger partial charge in [0.05, 0.1) is 5.39 Å². The minimum Gasteiger partial charge on any atom is -0.489 e. The van der Waals surface area contributed by atoms with E-state index in [4.69, 9.17) is 10.5 Å². The highest BCUT2D eigenvalue weighted by Crippen LogP contribution is 2.42. The van der Waals surface area contributed by atoms with E-state index in [0.717, 1.165) is 59.3 Å². The Labute approximate surface area is 229 Å². The number of benzene rings is 2. The summed E-state index contributed by atoms with van der Waals surface area (Å²) in [5.74, 6) is 1.69. The number of carbonyl (C=O) groups is 1. The molecule has 1 fully saturated rings. The second-order valence-electron chi connectivity index (χ2n) is 10.5. The number of amides is 2. The molecule has 9 heteroatoms. The first-order chi connectivity index (χ1) is 19.0. The van der Waals surface area contributed by atoms with Gasteiger partial charge < -0.3 is 30.6 Å². The fourth-order valence-electron chi connectivity index (χ4n) is 5.09. The van der Waals surface area contributed by atoms with Gasteiger partial charge in [-0.05, 0) is 69.1 Å². The van der Waals surface area contributed by atoms with E-state index in [9.17, 15) is 4.79 Å². The summed E-state index contributed by atoms with van der Waals surface area (Å²) in [6.45, 7) is 2.80. The molecular weight excluding hydrogens is 490 g/mol. The zero-order valence-electron chi connectivity index (χ0n) is 22.6. The van der Waals surface area contributed by atoms with Crippen LogP contribution in [0.4, 0.5) is 10.6 Å². The third-order valence-electron chi connectivity index (χ3n) is 7.26. The van der Waals surface area contributed by atoms with Crippen LogP contribution in [0.1, 0.15) is 30.9 Å². The first-order valence-corrected chi connectivity index (χ1v) is 13.5. The normalized spacial score (nSPS) is 16.7. The lowest BCUT2D eigenvalue weighted by atomic mass is 9.80. The van der Waals surface area contributed by atoms with Crippen molar-refractivity contribution < 1.29 is 9.53 Å². The predicted octanol–water partition coefficient (Wildman–Crippen LogP) is 4.46. The van der Waals surface area contributed by atoms with E-state index >= 15 is 0 Å². The van der Waals surface area contributed by atoms with Crippen molar-refractivity contribution in [3.63, 3.8) is 0 Å². The summed E-state index contributed by atoms with van der Waals surface area (Å²) in [7, 11) is 4.06. The first kappa shape index (κ1) is 26.5. The molecule has 0 saturated heterocycles. The maximum Gasteiger partial charge on any atom is 0.314 e. The molecule has 0 spiro atoms. The van der Waals surface area contributed by atoms with Crippen molar-refractivity contribution in [1.29, 1.82) is 0 Å². The molecule has 4 aromatic rings. The van der Waals surface area contributed by atoms with Gasteiger partial charge in [0, 0.05) is 30.9 Å². The molecule has 0 aliphatic heterocycles. The highest BCUT2D eigenvalue weighted by atomic mass is 16.5. The van der Waals surface area contributed by atoms with Crippen LogP contribution >= 0.6 is 0 Å². The van der Waals surface area contributed by atoms with Gasteiger partial charge in [-0.15, -0.1) is 0 Å². The molecule has 1 aliphatic rings. The van der Waals surface area contributed by atoms with Crippen LogP contribution in [0.25, 0.3) is 22.2 Å². The van der Waals surface area contributed by atoms with E-state index < -0.39 is 0 Å². The molecule has 0 unspecified atom stereocenters. The Bertz CT molecular complexity index is 1400. The number of ether oxygens (including phenoxy) is 1. The van der Waals surface area contributed by atoms with Crippen molar-refractivity contribution in [1.82, 2.24) is 30.1 Å². The fourth-order valence-corrected chi connectivity index (χ4v) is 5.09. The van der Waals surface area contributed by atoms with E-state index in [2.05, 4.69) is 54.5 Å². The molecule has 1 saturated carbocycles. The molecule has 0 radical (unpaired) electrons. The van der Waals surface area contributed by atoms with Gasteiger partial charge in [0.25, 0.3) is 0 Å². The van der Waals surface area contributed by atoms with Gasteiger partial charge in [-0.3, -0.25) is 0 Å². The summed E-state index contributed by atoms with van der Waals surface area (Å²) < 4.78 is 8.29. The molecule has 0 atom stereocenters. The molecule has 1 aliphatic carbocycles. The molecule has 4 N–H and O–H groups in total. The number of nitrogens with two attached hydrogens (primary N) is 1. The number of fused-ring (bicyclic) bond motifs is 1. The second-order valence-corrected chi connectivity index (χ2v) is 10.5. The summed E-state index contributed by atoms with van der Waals surface area (Å²) in [6, 6.07) is 18.4. The van der Waals surface area contributed by atoms with E-state index in [1.165, 1.54) is 6.33 Å². The number of nitrogens with one attached hydrogen (secondary N) is 2. The third-order valence-corrected chi connectivity index (χ3v) is 7.26. The van der Waals surface area contributed by atoms with E-state index in [0.29, 0.717) is 37.5 Å². The Morgan fingerprint density at radius 3 is 2.72 bits per heavy atom. The number of anilines is 1. The molecule has 2 heterocycles. The van der Waals surface area contributed by atoms with Crippen LogP contribution in [0.3, 0.4) is 0 Å². The summed E-state index contributed by atoms with van der Waals surface area (Å²) >= 11 is 0. The summed E-state index contributed by atoms with van der Waals surface area (Å²) in [5, 5.41) is 6.81. The van der Waals surface area contributed by atoms with Gasteiger partial charge in [-0.25, -0.2) is 14.8 Å². The Kier molecular flexibility index (Phi) is 8.27. The quantitative estimate of drug-likeness (QED) is 0.249. The zero-order chi connectivity index (χ0) is 27.2. The van der Waals surface area contributed by atoms with Crippen LogP contribution in [0.2, 0.25) is 0 Å². The smallest absolute Gasteiger partial charge is 0.314 e.